The highest BCUT2D eigenvalue weighted by atomic mass is 32.1. The summed E-state index contributed by atoms with van der Waals surface area (Å²) in [7, 11) is 1.64. The largest absolute Gasteiger partial charge is 0.382 e. The molecule has 0 N–H and O–H groups in total. The molecule has 1 aromatic rings. The molecule has 0 aliphatic rings. The topological polar surface area (TPSA) is 44.8 Å². The van der Waals surface area contributed by atoms with Crippen molar-refractivity contribution in [3.05, 3.63) is 21.9 Å². The van der Waals surface area contributed by atoms with Gasteiger partial charge in [0.15, 0.2) is 5.78 Å². The molecule has 18 heavy (non-hydrogen) atoms. The summed E-state index contributed by atoms with van der Waals surface area (Å²) in [6, 6.07) is 3.79. The van der Waals surface area contributed by atoms with E-state index in [2.05, 4.69) is 0 Å². The van der Waals surface area contributed by atoms with Crippen molar-refractivity contribution >= 4 is 17.1 Å². The summed E-state index contributed by atoms with van der Waals surface area (Å²) >= 11 is 1.51. The van der Waals surface area contributed by atoms with Gasteiger partial charge in [-0.15, -0.1) is 11.3 Å². The van der Waals surface area contributed by atoms with E-state index in [1.165, 1.54) is 11.3 Å². The highest BCUT2D eigenvalue weighted by Crippen LogP contribution is 2.15. The van der Waals surface area contributed by atoms with Gasteiger partial charge >= 0.3 is 0 Å². The van der Waals surface area contributed by atoms with E-state index < -0.39 is 0 Å². The van der Waals surface area contributed by atoms with Crippen LogP contribution in [0.3, 0.4) is 0 Å². The van der Waals surface area contributed by atoms with E-state index in [0.29, 0.717) is 26.4 Å². The maximum Gasteiger partial charge on any atom is 0.198 e. The molecule has 0 spiro atoms. The minimum atomic E-state index is 0.0494. The Bertz CT molecular complexity index is 349. The molecule has 1 rings (SSSR count). The normalized spacial score (nSPS) is 10.8. The van der Waals surface area contributed by atoms with E-state index in [-0.39, 0.29) is 12.4 Å². The lowest BCUT2D eigenvalue weighted by atomic mass is 10.3. The van der Waals surface area contributed by atoms with Crippen LogP contribution >= 0.6 is 11.3 Å². The van der Waals surface area contributed by atoms with Crippen LogP contribution in [0.5, 0.6) is 0 Å². The first kappa shape index (κ1) is 15.3. The van der Waals surface area contributed by atoms with Crippen molar-refractivity contribution in [1.29, 1.82) is 0 Å². The zero-order valence-electron chi connectivity index (χ0n) is 10.9. The average Bonchev–Trinajstić information content (AvgIpc) is 2.79. The number of rotatable bonds is 10. The summed E-state index contributed by atoms with van der Waals surface area (Å²) in [6.45, 7) is 4.53. The van der Waals surface area contributed by atoms with Gasteiger partial charge < -0.3 is 14.2 Å². The van der Waals surface area contributed by atoms with Gasteiger partial charge in [0.1, 0.15) is 6.61 Å². The average molecular weight is 272 g/mol. The van der Waals surface area contributed by atoms with Gasteiger partial charge in [-0.05, 0) is 25.5 Å². The molecule has 0 radical (unpaired) electrons. The van der Waals surface area contributed by atoms with Gasteiger partial charge in [0, 0.05) is 25.2 Å². The Labute approximate surface area is 112 Å². The number of ketones is 1. The van der Waals surface area contributed by atoms with Crippen LogP contribution in [0.4, 0.5) is 0 Å². The van der Waals surface area contributed by atoms with Crippen LogP contribution in [0.1, 0.15) is 21.0 Å². The van der Waals surface area contributed by atoms with Crippen LogP contribution < -0.4 is 0 Å². The zero-order valence-corrected chi connectivity index (χ0v) is 11.8. The Balaban J connectivity index is 1.99. The summed E-state index contributed by atoms with van der Waals surface area (Å²) < 4.78 is 15.4. The standard InChI is InChI=1S/C13H20O4S/c1-11-4-5-13(18-11)12(14)10-17-7-3-6-16-9-8-15-2/h4-5H,3,6-10H2,1-2H3. The van der Waals surface area contributed by atoms with Crippen LogP contribution in [0.15, 0.2) is 12.1 Å². The van der Waals surface area contributed by atoms with E-state index in [1.807, 2.05) is 19.1 Å². The summed E-state index contributed by atoms with van der Waals surface area (Å²) in [4.78, 5) is 13.6. The number of hydrogen-bond acceptors (Lipinski definition) is 5. The fourth-order valence-electron chi connectivity index (χ4n) is 1.33. The van der Waals surface area contributed by atoms with Gasteiger partial charge in [-0.3, -0.25) is 4.79 Å². The number of hydrogen-bond donors (Lipinski definition) is 0. The molecule has 5 heteroatoms. The third-order valence-electron chi connectivity index (χ3n) is 2.26. The van der Waals surface area contributed by atoms with Gasteiger partial charge in [-0.2, -0.15) is 0 Å². The van der Waals surface area contributed by atoms with Gasteiger partial charge in [0.05, 0.1) is 18.1 Å². The van der Waals surface area contributed by atoms with Gasteiger partial charge in [0.2, 0.25) is 0 Å². The first-order valence-corrected chi connectivity index (χ1v) is 6.79. The van der Waals surface area contributed by atoms with Gasteiger partial charge in [-0.25, -0.2) is 0 Å². The molecule has 0 amide bonds. The fraction of sp³-hybridized carbons (Fsp3) is 0.615. The Hall–Kier alpha value is -0.750. The Morgan fingerprint density at radius 3 is 2.61 bits per heavy atom. The van der Waals surface area contributed by atoms with Crippen molar-refractivity contribution in [3.63, 3.8) is 0 Å². The lowest BCUT2D eigenvalue weighted by Gasteiger charge is -2.04. The molecule has 4 nitrogen and oxygen atoms in total. The Kier molecular flexibility index (Phi) is 7.84. The molecule has 0 saturated carbocycles. The van der Waals surface area contributed by atoms with Crippen LogP contribution in [-0.4, -0.2) is 45.9 Å². The molecule has 0 aliphatic heterocycles. The summed E-state index contributed by atoms with van der Waals surface area (Å²) in [5, 5.41) is 0. The fourth-order valence-corrected chi connectivity index (χ4v) is 2.12. The Morgan fingerprint density at radius 2 is 1.94 bits per heavy atom. The van der Waals surface area contributed by atoms with Crippen molar-refractivity contribution in [3.8, 4) is 0 Å². The van der Waals surface area contributed by atoms with Crippen LogP contribution in [0, 0.1) is 6.92 Å². The molecule has 0 aliphatic carbocycles. The van der Waals surface area contributed by atoms with Crippen molar-refractivity contribution in [1.82, 2.24) is 0 Å². The van der Waals surface area contributed by atoms with E-state index in [0.717, 1.165) is 16.2 Å². The zero-order chi connectivity index (χ0) is 13.2. The molecular formula is C13H20O4S. The molecule has 0 atom stereocenters. The SMILES string of the molecule is COCCOCCCOCC(=O)c1ccc(C)s1. The number of Topliss-reactive ketones (excluding diaryl/α,β-unsaturated/α-hetero) is 1. The second-order valence-corrected chi connectivity index (χ2v) is 5.13. The van der Waals surface area contributed by atoms with E-state index in [9.17, 15) is 4.79 Å². The molecule has 1 aromatic heterocycles. The van der Waals surface area contributed by atoms with Crippen LogP contribution in [-0.2, 0) is 14.2 Å². The lowest BCUT2D eigenvalue weighted by molar-refractivity contribution is 0.0489. The van der Waals surface area contributed by atoms with Crippen LogP contribution in [0.2, 0.25) is 0 Å². The monoisotopic (exact) mass is 272 g/mol. The summed E-state index contributed by atoms with van der Waals surface area (Å²) in [5.41, 5.74) is 0. The first-order valence-electron chi connectivity index (χ1n) is 5.98. The minimum Gasteiger partial charge on any atom is -0.382 e. The Morgan fingerprint density at radius 1 is 1.17 bits per heavy atom. The number of carbonyl (C=O) groups is 1. The van der Waals surface area contributed by atoms with Crippen LogP contribution in [0.25, 0.3) is 0 Å². The number of methoxy groups -OCH3 is 1. The third kappa shape index (κ3) is 6.26. The molecule has 0 fully saturated rings. The quantitative estimate of drug-likeness (QED) is 0.484. The van der Waals surface area contributed by atoms with Crippen molar-refractivity contribution < 1.29 is 19.0 Å². The molecule has 102 valence electrons. The van der Waals surface area contributed by atoms with Gasteiger partial charge in [0.25, 0.3) is 0 Å². The van der Waals surface area contributed by atoms with Crippen molar-refractivity contribution in [2.45, 2.75) is 13.3 Å². The summed E-state index contributed by atoms with van der Waals surface area (Å²) in [5.74, 6) is 0.0494. The predicted molar refractivity (Wildman–Crippen MR) is 71.5 cm³/mol. The number of ether oxygens (including phenoxy) is 3. The highest BCUT2D eigenvalue weighted by molar-refractivity contribution is 7.14. The highest BCUT2D eigenvalue weighted by Gasteiger charge is 2.07. The molecule has 0 bridgehead atoms. The third-order valence-corrected chi connectivity index (χ3v) is 3.30. The number of aryl methyl sites for hydroxylation is 1. The molecular weight excluding hydrogens is 252 g/mol. The minimum absolute atomic E-state index is 0.0494. The molecule has 0 saturated heterocycles. The molecule has 0 unspecified atom stereocenters. The lowest BCUT2D eigenvalue weighted by Crippen LogP contribution is -2.10. The molecule has 1 heterocycles. The second-order valence-electron chi connectivity index (χ2n) is 3.84. The maximum absolute atomic E-state index is 11.7. The van der Waals surface area contributed by atoms with E-state index >= 15 is 0 Å². The van der Waals surface area contributed by atoms with E-state index in [4.69, 9.17) is 14.2 Å². The van der Waals surface area contributed by atoms with Crippen molar-refractivity contribution in [2.24, 2.45) is 0 Å². The smallest absolute Gasteiger partial charge is 0.198 e. The summed E-state index contributed by atoms with van der Waals surface area (Å²) in [6.07, 6.45) is 0.792. The first-order chi connectivity index (χ1) is 8.74. The predicted octanol–water partition coefficient (Wildman–Crippen LogP) is 2.31. The maximum atomic E-state index is 11.7. The van der Waals surface area contributed by atoms with Gasteiger partial charge in [-0.1, -0.05) is 0 Å². The number of thiophene rings is 1. The molecule has 0 aromatic carbocycles. The van der Waals surface area contributed by atoms with Crippen molar-refractivity contribution in [2.75, 3.05) is 40.1 Å². The number of carbonyl (C=O) groups excluding carboxylic acids is 1. The van der Waals surface area contributed by atoms with E-state index in [1.54, 1.807) is 7.11 Å². The second kappa shape index (κ2) is 9.22.